The molecule has 1 fully saturated rings. The number of aliphatic hydroxyl groups is 1. The minimum atomic E-state index is -3.46. The molecule has 1 aliphatic rings. The predicted molar refractivity (Wildman–Crippen MR) is 53.6 cm³/mol. The second-order valence-corrected chi connectivity index (χ2v) is 5.90. The first kappa shape index (κ1) is 10.5. The van der Waals surface area contributed by atoms with Gasteiger partial charge in [0.25, 0.3) is 0 Å². The quantitative estimate of drug-likeness (QED) is 0.763. The van der Waals surface area contributed by atoms with Crippen LogP contribution in [-0.2, 0) is 10.0 Å². The van der Waals surface area contributed by atoms with Gasteiger partial charge in [0.1, 0.15) is 4.90 Å². The number of pyridine rings is 1. The van der Waals surface area contributed by atoms with Crippen LogP contribution >= 0.6 is 0 Å². The Morgan fingerprint density at radius 1 is 1.53 bits per heavy atom. The molecule has 0 radical (unpaired) electrons. The van der Waals surface area contributed by atoms with Crippen LogP contribution in [0.3, 0.4) is 0 Å². The fourth-order valence-electron chi connectivity index (χ4n) is 1.53. The van der Waals surface area contributed by atoms with Gasteiger partial charge in [-0.2, -0.15) is 4.31 Å². The molecule has 0 aromatic carbocycles. The second kappa shape index (κ2) is 3.26. The summed E-state index contributed by atoms with van der Waals surface area (Å²) in [6, 6.07) is 3.07. The third-order valence-electron chi connectivity index (χ3n) is 2.31. The first-order valence-corrected chi connectivity index (χ1v) is 5.98. The Hall–Kier alpha value is -0.980. The summed E-state index contributed by atoms with van der Waals surface area (Å²) in [6.07, 6.45) is 2.83. The predicted octanol–water partition coefficient (Wildman–Crippen LogP) is -0.163. The Kier molecular flexibility index (Phi) is 2.29. The molecule has 82 valence electrons. The maximum Gasteiger partial charge on any atom is 0.244 e. The fourth-order valence-corrected chi connectivity index (χ4v) is 3.17. The van der Waals surface area contributed by atoms with Crippen LogP contribution in [0.15, 0.2) is 29.4 Å². The third kappa shape index (κ3) is 1.88. The lowest BCUT2D eigenvalue weighted by molar-refractivity contribution is -0.0426. The Morgan fingerprint density at radius 3 is 2.67 bits per heavy atom. The Morgan fingerprint density at radius 2 is 2.20 bits per heavy atom. The smallest absolute Gasteiger partial charge is 0.244 e. The fraction of sp³-hybridized carbons (Fsp3) is 0.444. The van der Waals surface area contributed by atoms with E-state index in [9.17, 15) is 13.5 Å². The highest BCUT2D eigenvalue weighted by atomic mass is 32.2. The summed E-state index contributed by atoms with van der Waals surface area (Å²) in [5, 5.41) is 9.47. The Balaban J connectivity index is 2.24. The van der Waals surface area contributed by atoms with Crippen molar-refractivity contribution in [2.24, 2.45) is 0 Å². The van der Waals surface area contributed by atoms with Crippen molar-refractivity contribution in [3.05, 3.63) is 24.5 Å². The molecule has 1 aliphatic heterocycles. The van der Waals surface area contributed by atoms with E-state index < -0.39 is 15.6 Å². The molecule has 6 heteroatoms. The second-order valence-electron chi connectivity index (χ2n) is 3.96. The summed E-state index contributed by atoms with van der Waals surface area (Å²) in [5.41, 5.74) is -0.894. The van der Waals surface area contributed by atoms with Crippen molar-refractivity contribution >= 4 is 10.0 Å². The van der Waals surface area contributed by atoms with Crippen molar-refractivity contribution < 1.29 is 13.5 Å². The number of rotatable bonds is 2. The van der Waals surface area contributed by atoms with Gasteiger partial charge in [-0.3, -0.25) is 4.98 Å². The zero-order valence-corrected chi connectivity index (χ0v) is 9.11. The lowest BCUT2D eigenvalue weighted by Gasteiger charge is -2.42. The average molecular weight is 228 g/mol. The highest BCUT2D eigenvalue weighted by molar-refractivity contribution is 7.89. The summed E-state index contributed by atoms with van der Waals surface area (Å²) < 4.78 is 25.0. The Bertz CT molecular complexity index is 448. The number of sulfonamides is 1. The van der Waals surface area contributed by atoms with Crippen LogP contribution in [0.4, 0.5) is 0 Å². The summed E-state index contributed by atoms with van der Waals surface area (Å²) in [6.45, 7) is 1.90. The SMILES string of the molecule is CC1(O)CN(S(=O)(=O)c2cccnc2)C1. The molecular weight excluding hydrogens is 216 g/mol. The summed E-state index contributed by atoms with van der Waals surface area (Å²) in [7, 11) is -3.46. The standard InChI is InChI=1S/C9H12N2O3S/c1-9(12)6-11(7-9)15(13,14)8-3-2-4-10-5-8/h2-5,12H,6-7H2,1H3. The van der Waals surface area contributed by atoms with Crippen molar-refractivity contribution in [1.82, 2.24) is 9.29 Å². The maximum absolute atomic E-state index is 11.9. The van der Waals surface area contributed by atoms with Crippen molar-refractivity contribution in [3.63, 3.8) is 0 Å². The lowest BCUT2D eigenvalue weighted by atomic mass is 10.0. The van der Waals surface area contributed by atoms with E-state index in [-0.39, 0.29) is 18.0 Å². The number of aromatic nitrogens is 1. The van der Waals surface area contributed by atoms with Crippen molar-refractivity contribution in [2.45, 2.75) is 17.4 Å². The van der Waals surface area contributed by atoms with Crippen LogP contribution in [0.2, 0.25) is 0 Å². The van der Waals surface area contributed by atoms with Gasteiger partial charge in [0.05, 0.1) is 5.60 Å². The average Bonchev–Trinajstić information content (AvgIpc) is 2.15. The molecule has 1 saturated heterocycles. The van der Waals surface area contributed by atoms with Crippen molar-refractivity contribution in [3.8, 4) is 0 Å². The molecule has 0 atom stereocenters. The van der Waals surface area contributed by atoms with E-state index in [2.05, 4.69) is 4.98 Å². The van der Waals surface area contributed by atoms with E-state index in [0.29, 0.717) is 0 Å². The van der Waals surface area contributed by atoms with E-state index in [0.717, 1.165) is 0 Å². The summed E-state index contributed by atoms with van der Waals surface area (Å²) >= 11 is 0. The van der Waals surface area contributed by atoms with Crippen LogP contribution in [0, 0.1) is 0 Å². The number of hydrogen-bond acceptors (Lipinski definition) is 4. The molecule has 0 spiro atoms. The van der Waals surface area contributed by atoms with E-state index in [4.69, 9.17) is 0 Å². The van der Waals surface area contributed by atoms with Gasteiger partial charge in [0, 0.05) is 25.5 Å². The zero-order valence-electron chi connectivity index (χ0n) is 8.29. The molecule has 1 N–H and O–H groups in total. The van der Waals surface area contributed by atoms with Crippen LogP contribution < -0.4 is 0 Å². The Labute approximate surface area is 88.4 Å². The number of nitrogens with zero attached hydrogens (tertiary/aromatic N) is 2. The molecule has 0 unspecified atom stereocenters. The van der Waals surface area contributed by atoms with Gasteiger partial charge in [-0.15, -0.1) is 0 Å². The molecule has 0 saturated carbocycles. The molecule has 1 aromatic heterocycles. The highest BCUT2D eigenvalue weighted by Crippen LogP contribution is 2.26. The normalized spacial score (nSPS) is 20.9. The minimum Gasteiger partial charge on any atom is -0.387 e. The zero-order chi connectivity index (χ0) is 11.1. The van der Waals surface area contributed by atoms with Gasteiger partial charge in [-0.25, -0.2) is 8.42 Å². The molecule has 15 heavy (non-hydrogen) atoms. The third-order valence-corrected chi connectivity index (χ3v) is 4.08. The van der Waals surface area contributed by atoms with E-state index in [1.54, 1.807) is 13.0 Å². The van der Waals surface area contributed by atoms with Crippen LogP contribution in [0.25, 0.3) is 0 Å². The lowest BCUT2D eigenvalue weighted by Crippen LogP contribution is -2.61. The molecule has 0 bridgehead atoms. The first-order valence-electron chi connectivity index (χ1n) is 4.54. The minimum absolute atomic E-state index is 0.143. The summed E-state index contributed by atoms with van der Waals surface area (Å²) in [4.78, 5) is 3.93. The van der Waals surface area contributed by atoms with Gasteiger partial charge < -0.3 is 5.11 Å². The van der Waals surface area contributed by atoms with Gasteiger partial charge in [-0.05, 0) is 19.1 Å². The summed E-state index contributed by atoms with van der Waals surface area (Å²) in [5.74, 6) is 0. The molecule has 0 aliphatic carbocycles. The first-order chi connectivity index (χ1) is 6.92. The number of β-amino-alcohol motifs (C(OH)–C–C–N with tert-alkyl or cyclic N) is 1. The molecule has 5 nitrogen and oxygen atoms in total. The van der Waals surface area contributed by atoms with Gasteiger partial charge >= 0.3 is 0 Å². The van der Waals surface area contributed by atoms with Gasteiger partial charge in [-0.1, -0.05) is 0 Å². The largest absolute Gasteiger partial charge is 0.387 e. The molecule has 2 heterocycles. The topological polar surface area (TPSA) is 70.5 Å². The number of hydrogen-bond donors (Lipinski definition) is 1. The van der Waals surface area contributed by atoms with Crippen molar-refractivity contribution in [2.75, 3.05) is 13.1 Å². The van der Waals surface area contributed by atoms with E-state index in [1.807, 2.05) is 0 Å². The van der Waals surface area contributed by atoms with Crippen LogP contribution in [0.5, 0.6) is 0 Å². The molecule has 1 aromatic rings. The highest BCUT2D eigenvalue weighted by Gasteiger charge is 2.43. The van der Waals surface area contributed by atoms with Crippen LogP contribution in [-0.4, -0.2) is 41.5 Å². The van der Waals surface area contributed by atoms with E-state index in [1.165, 1.54) is 22.8 Å². The molecular formula is C9H12N2O3S. The van der Waals surface area contributed by atoms with E-state index >= 15 is 0 Å². The molecule has 0 amide bonds. The molecule has 2 rings (SSSR count). The van der Waals surface area contributed by atoms with Gasteiger partial charge in [0.2, 0.25) is 10.0 Å². The monoisotopic (exact) mass is 228 g/mol. The van der Waals surface area contributed by atoms with Gasteiger partial charge in [0.15, 0.2) is 0 Å². The maximum atomic E-state index is 11.9. The van der Waals surface area contributed by atoms with Crippen LogP contribution in [0.1, 0.15) is 6.92 Å². The van der Waals surface area contributed by atoms with Crippen molar-refractivity contribution in [1.29, 1.82) is 0 Å².